The van der Waals surface area contributed by atoms with Crippen molar-refractivity contribution in [1.29, 1.82) is 0 Å². The predicted octanol–water partition coefficient (Wildman–Crippen LogP) is 2.75. The summed E-state index contributed by atoms with van der Waals surface area (Å²) in [5, 5.41) is 3.56. The molecule has 0 radical (unpaired) electrons. The maximum absolute atomic E-state index is 4.56. The summed E-state index contributed by atoms with van der Waals surface area (Å²) in [6.07, 6.45) is 5.74. The largest absolute Gasteiger partial charge is 0.316 e. The van der Waals surface area contributed by atoms with Crippen LogP contribution in [0.3, 0.4) is 0 Å². The monoisotopic (exact) mass is 218 g/mol. The van der Waals surface area contributed by atoms with Crippen LogP contribution in [0.2, 0.25) is 0 Å². The van der Waals surface area contributed by atoms with E-state index in [0.29, 0.717) is 5.92 Å². The fourth-order valence-electron chi connectivity index (χ4n) is 2.45. The van der Waals surface area contributed by atoms with E-state index in [0.717, 1.165) is 19.0 Å². The number of rotatable bonds is 4. The third-order valence-electron chi connectivity index (χ3n) is 3.25. The molecule has 2 rings (SSSR count). The third kappa shape index (κ3) is 2.82. The Bertz CT molecular complexity index is 333. The van der Waals surface area contributed by atoms with Crippen LogP contribution < -0.4 is 5.32 Å². The molecule has 0 saturated carbocycles. The summed E-state index contributed by atoms with van der Waals surface area (Å²) < 4.78 is 0. The highest BCUT2D eigenvalue weighted by molar-refractivity contribution is 5.26. The minimum atomic E-state index is 0.628. The Labute approximate surface area is 98.5 Å². The lowest BCUT2D eigenvalue weighted by atomic mass is 9.86. The Kier molecular flexibility index (Phi) is 3.94. The summed E-state index contributed by atoms with van der Waals surface area (Å²) in [6, 6.07) is 4.29. The van der Waals surface area contributed by atoms with Crippen molar-refractivity contribution in [2.45, 2.75) is 39.0 Å². The van der Waals surface area contributed by atoms with Gasteiger partial charge in [0.15, 0.2) is 0 Å². The van der Waals surface area contributed by atoms with Crippen molar-refractivity contribution in [2.75, 3.05) is 13.1 Å². The van der Waals surface area contributed by atoms with Gasteiger partial charge in [-0.15, -0.1) is 0 Å². The zero-order chi connectivity index (χ0) is 11.4. The van der Waals surface area contributed by atoms with Gasteiger partial charge < -0.3 is 5.32 Å². The Hall–Kier alpha value is -0.890. The lowest BCUT2D eigenvalue weighted by Crippen LogP contribution is -2.27. The number of pyridine rings is 1. The molecule has 0 amide bonds. The molecule has 0 aliphatic heterocycles. The van der Waals surface area contributed by atoms with E-state index in [1.165, 1.54) is 30.5 Å². The van der Waals surface area contributed by atoms with Crippen molar-refractivity contribution in [3.8, 4) is 0 Å². The normalized spacial score (nSPS) is 19.8. The van der Waals surface area contributed by atoms with Gasteiger partial charge >= 0.3 is 0 Å². The Morgan fingerprint density at radius 1 is 1.50 bits per heavy atom. The molecule has 1 aromatic heterocycles. The quantitative estimate of drug-likeness (QED) is 0.840. The summed E-state index contributed by atoms with van der Waals surface area (Å²) in [5.41, 5.74) is 2.80. The molecule has 16 heavy (non-hydrogen) atoms. The molecule has 0 aromatic carbocycles. The van der Waals surface area contributed by atoms with Crippen LogP contribution in [0.4, 0.5) is 0 Å². The number of nitrogens with zero attached hydrogens (tertiary/aromatic N) is 1. The first-order valence-electron chi connectivity index (χ1n) is 6.42. The van der Waals surface area contributed by atoms with Gasteiger partial charge in [0, 0.05) is 24.4 Å². The van der Waals surface area contributed by atoms with Gasteiger partial charge in [-0.25, -0.2) is 0 Å². The van der Waals surface area contributed by atoms with Crippen molar-refractivity contribution in [1.82, 2.24) is 10.3 Å². The molecule has 2 heteroatoms. The highest BCUT2D eigenvalue weighted by Gasteiger charge is 2.20. The summed E-state index contributed by atoms with van der Waals surface area (Å²) in [4.78, 5) is 4.56. The fraction of sp³-hybridized carbons (Fsp3) is 0.643. The Morgan fingerprint density at radius 3 is 3.19 bits per heavy atom. The third-order valence-corrected chi connectivity index (χ3v) is 3.25. The van der Waals surface area contributed by atoms with Crippen molar-refractivity contribution in [3.05, 3.63) is 29.6 Å². The van der Waals surface area contributed by atoms with Crippen LogP contribution in [0.1, 0.15) is 43.9 Å². The standard InChI is InChI=1S/C14H22N2/c1-11(2)9-15-10-13-6-3-5-12-7-4-8-16-14(12)13/h4,7-8,11,13,15H,3,5-6,9-10H2,1-2H3. The molecular formula is C14H22N2. The van der Waals surface area contributed by atoms with Crippen molar-refractivity contribution in [3.63, 3.8) is 0 Å². The van der Waals surface area contributed by atoms with Crippen LogP contribution >= 0.6 is 0 Å². The molecule has 1 aliphatic rings. The van der Waals surface area contributed by atoms with Crippen LogP contribution in [-0.4, -0.2) is 18.1 Å². The predicted molar refractivity (Wildman–Crippen MR) is 67.6 cm³/mol. The highest BCUT2D eigenvalue weighted by Crippen LogP contribution is 2.28. The van der Waals surface area contributed by atoms with Gasteiger partial charge in [0.1, 0.15) is 0 Å². The Balaban J connectivity index is 1.96. The van der Waals surface area contributed by atoms with E-state index < -0.39 is 0 Å². The summed E-state index contributed by atoms with van der Waals surface area (Å²) in [6.45, 7) is 6.70. The smallest absolute Gasteiger partial charge is 0.0479 e. The Morgan fingerprint density at radius 2 is 2.38 bits per heavy atom. The molecule has 1 heterocycles. The van der Waals surface area contributed by atoms with Crippen molar-refractivity contribution in [2.24, 2.45) is 5.92 Å². The zero-order valence-corrected chi connectivity index (χ0v) is 10.4. The second-order valence-electron chi connectivity index (χ2n) is 5.19. The van der Waals surface area contributed by atoms with Gasteiger partial charge in [-0.2, -0.15) is 0 Å². The molecule has 0 spiro atoms. The molecule has 0 fully saturated rings. The first kappa shape index (κ1) is 11.6. The lowest BCUT2D eigenvalue weighted by Gasteiger charge is -2.24. The van der Waals surface area contributed by atoms with Gasteiger partial charge in [-0.3, -0.25) is 4.98 Å². The van der Waals surface area contributed by atoms with Crippen molar-refractivity contribution < 1.29 is 0 Å². The lowest BCUT2D eigenvalue weighted by molar-refractivity contribution is 0.469. The molecule has 1 aromatic rings. The van der Waals surface area contributed by atoms with Crippen LogP contribution in [0.5, 0.6) is 0 Å². The highest BCUT2D eigenvalue weighted by atomic mass is 14.9. The number of hydrogen-bond donors (Lipinski definition) is 1. The molecule has 1 aliphatic carbocycles. The molecule has 2 nitrogen and oxygen atoms in total. The minimum Gasteiger partial charge on any atom is -0.316 e. The van der Waals surface area contributed by atoms with Gasteiger partial charge in [-0.1, -0.05) is 19.9 Å². The summed E-state index contributed by atoms with van der Waals surface area (Å²) >= 11 is 0. The van der Waals surface area contributed by atoms with Gasteiger partial charge in [0.05, 0.1) is 0 Å². The molecule has 0 saturated heterocycles. The maximum Gasteiger partial charge on any atom is 0.0479 e. The minimum absolute atomic E-state index is 0.628. The SMILES string of the molecule is CC(C)CNCC1CCCc2cccnc21. The van der Waals surface area contributed by atoms with Gasteiger partial charge in [-0.05, 0) is 43.4 Å². The van der Waals surface area contributed by atoms with E-state index in [2.05, 4.69) is 36.3 Å². The molecule has 0 bridgehead atoms. The number of fused-ring (bicyclic) bond motifs is 1. The maximum atomic E-state index is 4.56. The number of hydrogen-bond acceptors (Lipinski definition) is 2. The van der Waals surface area contributed by atoms with E-state index in [1.807, 2.05) is 6.20 Å². The molecular weight excluding hydrogens is 196 g/mol. The van der Waals surface area contributed by atoms with E-state index in [9.17, 15) is 0 Å². The average molecular weight is 218 g/mol. The van der Waals surface area contributed by atoms with Gasteiger partial charge in [0.2, 0.25) is 0 Å². The second kappa shape index (κ2) is 5.44. The molecule has 88 valence electrons. The summed E-state index contributed by atoms with van der Waals surface area (Å²) in [7, 11) is 0. The first-order chi connectivity index (χ1) is 7.77. The first-order valence-corrected chi connectivity index (χ1v) is 6.42. The van der Waals surface area contributed by atoms with Crippen LogP contribution in [0.25, 0.3) is 0 Å². The molecule has 1 N–H and O–H groups in total. The zero-order valence-electron chi connectivity index (χ0n) is 10.4. The second-order valence-corrected chi connectivity index (χ2v) is 5.19. The van der Waals surface area contributed by atoms with E-state index in [4.69, 9.17) is 0 Å². The molecule has 1 unspecified atom stereocenters. The topological polar surface area (TPSA) is 24.9 Å². The fourth-order valence-corrected chi connectivity index (χ4v) is 2.45. The molecule has 1 atom stereocenters. The van der Waals surface area contributed by atoms with Crippen LogP contribution in [0.15, 0.2) is 18.3 Å². The summed E-state index contributed by atoms with van der Waals surface area (Å²) in [5.74, 6) is 1.36. The van der Waals surface area contributed by atoms with Crippen LogP contribution in [0, 0.1) is 5.92 Å². The van der Waals surface area contributed by atoms with Gasteiger partial charge in [0.25, 0.3) is 0 Å². The van der Waals surface area contributed by atoms with Crippen molar-refractivity contribution >= 4 is 0 Å². The van der Waals surface area contributed by atoms with Crippen LogP contribution in [-0.2, 0) is 6.42 Å². The average Bonchev–Trinajstić information content (AvgIpc) is 2.29. The van der Waals surface area contributed by atoms with E-state index >= 15 is 0 Å². The number of aryl methyl sites for hydroxylation is 1. The number of nitrogens with one attached hydrogen (secondary N) is 1. The van der Waals surface area contributed by atoms with E-state index in [1.54, 1.807) is 0 Å². The number of aromatic nitrogens is 1. The van der Waals surface area contributed by atoms with E-state index in [-0.39, 0.29) is 0 Å².